The van der Waals surface area contributed by atoms with Crippen LogP contribution in [0.25, 0.3) is 0 Å². The zero-order valence-corrected chi connectivity index (χ0v) is 27.1. The van der Waals surface area contributed by atoms with Crippen LogP contribution >= 0.6 is 7.60 Å². The van der Waals surface area contributed by atoms with Gasteiger partial charge in [0, 0.05) is 31.9 Å². The molecule has 0 radical (unpaired) electrons. The molecule has 1 aliphatic rings. The Morgan fingerprint density at radius 2 is 1.47 bits per heavy atom. The number of hydrogen-bond acceptors (Lipinski definition) is 7. The first kappa shape index (κ1) is 38.2. The molecule has 1 saturated carbocycles. The minimum Gasteiger partial charge on any atom is -0.406 e. The fourth-order valence-corrected chi connectivity index (χ4v) is 7.01. The Balaban J connectivity index is 1.71. The van der Waals surface area contributed by atoms with Gasteiger partial charge in [-0.25, -0.2) is 0 Å². The Morgan fingerprint density at radius 3 is 1.96 bits per heavy atom. The zero-order chi connectivity index (χ0) is 36.4. The summed E-state index contributed by atoms with van der Waals surface area (Å²) in [5, 5.41) is 11.6. The third-order valence-corrected chi connectivity index (χ3v) is 9.10. The van der Waals surface area contributed by atoms with Crippen LogP contribution in [0.1, 0.15) is 54.9 Å². The van der Waals surface area contributed by atoms with Gasteiger partial charge >= 0.3 is 26.3 Å². The largest absolute Gasteiger partial charge is 0.573 e. The van der Waals surface area contributed by atoms with Crippen LogP contribution in [0.4, 0.5) is 51.1 Å². The van der Waals surface area contributed by atoms with E-state index in [1.807, 2.05) is 4.90 Å². The highest BCUT2D eigenvalue weighted by atomic mass is 31.2. The van der Waals surface area contributed by atoms with Crippen LogP contribution in [0.3, 0.4) is 0 Å². The highest BCUT2D eigenvalue weighted by Crippen LogP contribution is 2.43. The molecule has 0 unspecified atom stereocenters. The molecule has 2 N–H and O–H groups in total. The smallest absolute Gasteiger partial charge is 0.406 e. The molecule has 3 aromatic rings. The second-order valence-electron chi connectivity index (χ2n) is 12.0. The number of halogens is 9. The van der Waals surface area contributed by atoms with E-state index in [-0.39, 0.29) is 42.1 Å². The van der Waals surface area contributed by atoms with E-state index >= 15 is 0 Å². The lowest BCUT2D eigenvalue weighted by Gasteiger charge is -2.35. The summed E-state index contributed by atoms with van der Waals surface area (Å²) in [7, 11) is -2.81. The van der Waals surface area contributed by atoms with Crippen molar-refractivity contribution >= 4 is 19.2 Å². The van der Waals surface area contributed by atoms with E-state index in [1.165, 1.54) is 18.0 Å². The lowest BCUT2D eigenvalue weighted by Crippen LogP contribution is -2.33. The maximum Gasteiger partial charge on any atom is 0.573 e. The van der Waals surface area contributed by atoms with E-state index in [2.05, 4.69) is 20.1 Å². The van der Waals surface area contributed by atoms with Crippen LogP contribution < -0.4 is 14.5 Å². The molecule has 10 nitrogen and oxygen atoms in total. The molecule has 4 rings (SSSR count). The van der Waals surface area contributed by atoms with E-state index in [0.717, 1.165) is 16.9 Å². The Hall–Kier alpha value is -3.57. The number of nitrogens with zero attached hydrogens (tertiary/aromatic N) is 6. The quantitative estimate of drug-likeness (QED) is 0.148. The van der Waals surface area contributed by atoms with Crippen molar-refractivity contribution in [2.24, 2.45) is 18.9 Å². The summed E-state index contributed by atoms with van der Waals surface area (Å²) in [5.41, 5.74) is -2.91. The number of rotatable bonds is 12. The van der Waals surface area contributed by atoms with Crippen LogP contribution in [-0.4, -0.2) is 55.6 Å². The Morgan fingerprint density at radius 1 is 0.878 bits per heavy atom. The Bertz CT molecular complexity index is 1590. The molecule has 1 aromatic heterocycles. The Labute approximate surface area is 275 Å². The molecule has 0 amide bonds. The monoisotopic (exact) mass is 732 g/mol. The topological polar surface area (TPSA) is 117 Å². The first-order valence-corrected chi connectivity index (χ1v) is 16.8. The molecule has 0 atom stereocenters. The van der Waals surface area contributed by atoms with Crippen molar-refractivity contribution < 1.29 is 58.6 Å². The second-order valence-corrected chi connectivity index (χ2v) is 13.7. The lowest BCUT2D eigenvalue weighted by atomic mass is 9.82. The van der Waals surface area contributed by atoms with Crippen LogP contribution in [0.2, 0.25) is 0 Å². The van der Waals surface area contributed by atoms with Crippen LogP contribution in [0.15, 0.2) is 36.4 Å². The van der Waals surface area contributed by atoms with E-state index in [1.54, 1.807) is 6.92 Å². The molecule has 272 valence electrons. The fraction of sp³-hybridized carbons (Fsp3) is 0.552. The van der Waals surface area contributed by atoms with E-state index in [0.29, 0.717) is 56.6 Å². The molecular weight excluding hydrogens is 698 g/mol. The third-order valence-electron chi connectivity index (χ3n) is 8.11. The van der Waals surface area contributed by atoms with Gasteiger partial charge in [-0.1, -0.05) is 5.10 Å². The van der Waals surface area contributed by atoms with Gasteiger partial charge < -0.3 is 24.3 Å². The number of aryl methyl sites for hydroxylation is 1. The predicted octanol–water partition coefficient (Wildman–Crippen LogP) is 7.16. The summed E-state index contributed by atoms with van der Waals surface area (Å²) in [6.45, 7) is 1.59. The SMILES string of the molecule is CCN(CC1CCC(CP(=O)(O)O)CC1)c1ccc(OC(F)(F)F)cc1CN(Cc1cc(C(F)(F)F)cc(C(F)(F)F)c1)c1nnn(C)n1. The van der Waals surface area contributed by atoms with Crippen molar-refractivity contribution in [3.05, 3.63) is 58.7 Å². The van der Waals surface area contributed by atoms with Crippen molar-refractivity contribution in [1.29, 1.82) is 0 Å². The van der Waals surface area contributed by atoms with Crippen molar-refractivity contribution in [3.8, 4) is 5.75 Å². The minimum absolute atomic E-state index is 0.0106. The summed E-state index contributed by atoms with van der Waals surface area (Å²) in [4.78, 5) is 22.8. The first-order chi connectivity index (χ1) is 22.6. The highest BCUT2D eigenvalue weighted by Gasteiger charge is 2.37. The standard InChI is InChI=1S/C29H34F9N6O4P/c1-3-43(14-18-4-6-19(7-5-18)17-49(45,46)47)25-9-8-24(48-29(36,37)38)12-21(25)16-44(26-39-41-42(2)40-26)15-20-10-22(27(30,31)32)13-23(11-20)28(33,34)35/h8-13,18-19H,3-7,14-17H2,1-2H3,(H2,45,46,47). The van der Waals surface area contributed by atoms with Gasteiger partial charge in [-0.3, -0.25) is 4.57 Å². The molecule has 0 aliphatic heterocycles. The molecule has 0 bridgehead atoms. The van der Waals surface area contributed by atoms with Crippen LogP contribution in [-0.2, 0) is 37.1 Å². The third kappa shape index (κ3) is 11.2. The maximum absolute atomic E-state index is 13.6. The average molecular weight is 733 g/mol. The van der Waals surface area contributed by atoms with Gasteiger partial charge in [-0.15, -0.1) is 18.3 Å². The summed E-state index contributed by atoms with van der Waals surface area (Å²) in [6.07, 6.45) is -13.1. The molecule has 20 heteroatoms. The number of benzene rings is 2. The normalized spacial score (nSPS) is 17.7. The number of ether oxygens (including phenoxy) is 1. The zero-order valence-electron chi connectivity index (χ0n) is 26.2. The summed E-state index contributed by atoms with van der Waals surface area (Å²) in [5.74, 6) is -0.905. The van der Waals surface area contributed by atoms with Crippen LogP contribution in [0.5, 0.6) is 5.75 Å². The number of hydrogen-bond donors (Lipinski definition) is 2. The van der Waals surface area contributed by atoms with Crippen molar-refractivity contribution in [1.82, 2.24) is 20.2 Å². The predicted molar refractivity (Wildman–Crippen MR) is 159 cm³/mol. The lowest BCUT2D eigenvalue weighted by molar-refractivity contribution is -0.274. The molecule has 0 spiro atoms. The minimum atomic E-state index is -5.11. The van der Waals surface area contributed by atoms with Gasteiger partial charge in [0.15, 0.2) is 0 Å². The van der Waals surface area contributed by atoms with Gasteiger partial charge in [0.1, 0.15) is 5.75 Å². The van der Waals surface area contributed by atoms with Gasteiger partial charge in [0.05, 0.1) is 24.3 Å². The van der Waals surface area contributed by atoms with Crippen molar-refractivity contribution in [2.45, 2.75) is 64.4 Å². The average Bonchev–Trinajstić information content (AvgIpc) is 3.40. The number of anilines is 2. The van der Waals surface area contributed by atoms with Gasteiger partial charge in [-0.2, -0.15) is 31.1 Å². The maximum atomic E-state index is 13.6. The van der Waals surface area contributed by atoms with Crippen LogP contribution in [0, 0.1) is 11.8 Å². The van der Waals surface area contributed by atoms with E-state index < -0.39 is 55.3 Å². The van der Waals surface area contributed by atoms with Gasteiger partial charge in [-0.05, 0) is 97.2 Å². The molecule has 49 heavy (non-hydrogen) atoms. The molecular formula is C29H34F9N6O4P. The molecule has 1 aliphatic carbocycles. The fourth-order valence-electron chi connectivity index (χ4n) is 5.97. The summed E-state index contributed by atoms with van der Waals surface area (Å²) < 4.78 is 137. The van der Waals surface area contributed by atoms with Crippen molar-refractivity contribution in [3.63, 3.8) is 0 Å². The summed E-state index contributed by atoms with van der Waals surface area (Å²) in [6, 6.07) is 4.64. The molecule has 0 saturated heterocycles. The molecule has 1 heterocycles. The number of alkyl halides is 9. The highest BCUT2D eigenvalue weighted by molar-refractivity contribution is 7.51. The Kier molecular flexibility index (Phi) is 11.5. The number of tetrazole rings is 1. The second kappa shape index (κ2) is 14.7. The van der Waals surface area contributed by atoms with Gasteiger partial charge in [0.25, 0.3) is 5.95 Å². The van der Waals surface area contributed by atoms with E-state index in [9.17, 15) is 53.9 Å². The molecule has 1 fully saturated rings. The number of aromatic nitrogens is 4. The molecule has 2 aromatic carbocycles. The summed E-state index contributed by atoms with van der Waals surface area (Å²) >= 11 is 0. The van der Waals surface area contributed by atoms with E-state index in [4.69, 9.17) is 0 Å². The van der Waals surface area contributed by atoms with Gasteiger partial charge in [0.2, 0.25) is 0 Å². The van der Waals surface area contributed by atoms with Crippen molar-refractivity contribution in [2.75, 3.05) is 29.1 Å². The first-order valence-electron chi connectivity index (χ1n) is 15.0.